The van der Waals surface area contributed by atoms with E-state index in [1.54, 1.807) is 19.1 Å². The van der Waals surface area contributed by atoms with E-state index in [1.807, 2.05) is 30.3 Å². The van der Waals surface area contributed by atoms with Crippen LogP contribution in [0.15, 0.2) is 42.5 Å². The second kappa shape index (κ2) is 3.62. The summed E-state index contributed by atoms with van der Waals surface area (Å²) in [5.41, 5.74) is 2.67. The lowest BCUT2D eigenvalue weighted by Crippen LogP contribution is -1.89. The van der Waals surface area contributed by atoms with Crippen LogP contribution in [0.2, 0.25) is 0 Å². The molecule has 0 fully saturated rings. The quantitative estimate of drug-likeness (QED) is 0.665. The molecule has 14 heavy (non-hydrogen) atoms. The Kier molecular flexibility index (Phi) is 1.54. The van der Waals surface area contributed by atoms with Gasteiger partial charge in [-0.1, -0.05) is 36.4 Å². The molecule has 0 aliphatic rings. The summed E-state index contributed by atoms with van der Waals surface area (Å²) in [7, 11) is 0. The summed E-state index contributed by atoms with van der Waals surface area (Å²) in [6.07, 6.45) is 0. The Morgan fingerprint density at radius 1 is 1.07 bits per heavy atom. The summed E-state index contributed by atoms with van der Waals surface area (Å²) in [5, 5.41) is 0. The van der Waals surface area contributed by atoms with Crippen molar-refractivity contribution < 1.29 is 4.11 Å². The SMILES string of the molecule is [2H]C([2H])([2H])c1ccc(-c2ccccc2)nc1C. The van der Waals surface area contributed by atoms with Crippen LogP contribution in [-0.4, -0.2) is 4.98 Å². The molecule has 0 atom stereocenters. The van der Waals surface area contributed by atoms with E-state index in [9.17, 15) is 0 Å². The predicted octanol–water partition coefficient (Wildman–Crippen LogP) is 3.37. The fourth-order valence-corrected chi connectivity index (χ4v) is 1.33. The van der Waals surface area contributed by atoms with Crippen molar-refractivity contribution in [1.29, 1.82) is 0 Å². The predicted molar refractivity (Wildman–Crippen MR) is 59.1 cm³/mol. The average molecular weight is 186 g/mol. The number of hydrogen-bond donors (Lipinski definition) is 0. The van der Waals surface area contributed by atoms with E-state index in [0.29, 0.717) is 11.3 Å². The third-order valence-electron chi connectivity index (χ3n) is 2.16. The highest BCUT2D eigenvalue weighted by molar-refractivity contribution is 5.59. The fourth-order valence-electron chi connectivity index (χ4n) is 1.33. The number of nitrogens with zero attached hydrogens (tertiary/aromatic N) is 1. The van der Waals surface area contributed by atoms with Gasteiger partial charge in [0, 0.05) is 15.4 Å². The standard InChI is InChI=1S/C13H13N/c1-10-8-9-13(14-11(10)2)12-6-4-3-5-7-12/h3-9H,1-2H3/i1D3. The van der Waals surface area contributed by atoms with Gasteiger partial charge in [0.25, 0.3) is 0 Å². The minimum atomic E-state index is -2.09. The molecule has 0 radical (unpaired) electrons. The van der Waals surface area contributed by atoms with E-state index in [-0.39, 0.29) is 0 Å². The van der Waals surface area contributed by atoms with E-state index >= 15 is 0 Å². The van der Waals surface area contributed by atoms with E-state index in [4.69, 9.17) is 4.11 Å². The monoisotopic (exact) mass is 186 g/mol. The van der Waals surface area contributed by atoms with Crippen LogP contribution in [0, 0.1) is 13.8 Å². The maximum Gasteiger partial charge on any atom is 0.0705 e. The van der Waals surface area contributed by atoms with Gasteiger partial charge in [-0.15, -0.1) is 0 Å². The van der Waals surface area contributed by atoms with Gasteiger partial charge in [-0.3, -0.25) is 4.98 Å². The van der Waals surface area contributed by atoms with Gasteiger partial charge in [-0.2, -0.15) is 0 Å². The molecule has 0 amide bonds. The van der Waals surface area contributed by atoms with Crippen LogP contribution in [0.4, 0.5) is 0 Å². The van der Waals surface area contributed by atoms with E-state index in [2.05, 4.69) is 4.98 Å². The van der Waals surface area contributed by atoms with Crippen LogP contribution < -0.4 is 0 Å². The molecule has 2 aromatic rings. The number of pyridine rings is 1. The molecule has 70 valence electrons. The minimum absolute atomic E-state index is 0.317. The topological polar surface area (TPSA) is 12.9 Å². The molecule has 2 rings (SSSR count). The first kappa shape index (κ1) is 5.97. The van der Waals surface area contributed by atoms with Crippen LogP contribution in [-0.2, 0) is 0 Å². The maximum atomic E-state index is 7.38. The number of aryl methyl sites for hydroxylation is 2. The molecule has 0 aliphatic heterocycles. The second-order valence-corrected chi connectivity index (χ2v) is 3.20. The Hall–Kier alpha value is -1.63. The van der Waals surface area contributed by atoms with Crippen molar-refractivity contribution in [3.8, 4) is 11.3 Å². The molecular formula is C13H13N. The molecule has 1 heterocycles. The van der Waals surface area contributed by atoms with E-state index in [0.717, 1.165) is 11.3 Å². The van der Waals surface area contributed by atoms with Gasteiger partial charge in [0.2, 0.25) is 0 Å². The Labute approximate surface area is 88.7 Å². The molecule has 1 aromatic heterocycles. The smallest absolute Gasteiger partial charge is 0.0705 e. The molecule has 0 saturated carbocycles. The average Bonchev–Trinajstić information content (AvgIpc) is 2.28. The first-order chi connectivity index (χ1) is 7.98. The van der Waals surface area contributed by atoms with Crippen molar-refractivity contribution in [3.63, 3.8) is 0 Å². The van der Waals surface area contributed by atoms with Gasteiger partial charge in [-0.05, 0) is 25.4 Å². The lowest BCUT2D eigenvalue weighted by molar-refractivity contribution is 1.15. The zero-order valence-corrected chi connectivity index (χ0v) is 7.99. The normalized spacial score (nSPS) is 14.2. The Bertz CT molecular complexity index is 518. The number of rotatable bonds is 1. The molecule has 0 saturated heterocycles. The molecule has 0 bridgehead atoms. The largest absolute Gasteiger partial charge is 0.253 e. The number of hydrogen-bond acceptors (Lipinski definition) is 1. The van der Waals surface area contributed by atoms with Crippen molar-refractivity contribution in [2.24, 2.45) is 0 Å². The zero-order chi connectivity index (χ0) is 12.5. The lowest BCUT2D eigenvalue weighted by Gasteiger charge is -2.03. The number of aromatic nitrogens is 1. The summed E-state index contributed by atoms with van der Waals surface area (Å²) in [5.74, 6) is 0. The van der Waals surface area contributed by atoms with Gasteiger partial charge in [0.15, 0.2) is 0 Å². The van der Waals surface area contributed by atoms with E-state index < -0.39 is 6.85 Å². The van der Waals surface area contributed by atoms with Gasteiger partial charge >= 0.3 is 0 Å². The van der Waals surface area contributed by atoms with Crippen molar-refractivity contribution in [1.82, 2.24) is 4.98 Å². The molecule has 0 aliphatic carbocycles. The summed E-state index contributed by atoms with van der Waals surface area (Å²) < 4.78 is 22.1. The van der Waals surface area contributed by atoms with Gasteiger partial charge in [0.05, 0.1) is 5.69 Å². The Morgan fingerprint density at radius 3 is 2.50 bits per heavy atom. The summed E-state index contributed by atoms with van der Waals surface area (Å²) in [6.45, 7) is -0.361. The van der Waals surface area contributed by atoms with Crippen molar-refractivity contribution >= 4 is 0 Å². The van der Waals surface area contributed by atoms with Crippen molar-refractivity contribution in [2.75, 3.05) is 0 Å². The first-order valence-electron chi connectivity index (χ1n) is 6.02. The molecule has 1 aromatic carbocycles. The molecule has 0 spiro atoms. The van der Waals surface area contributed by atoms with Crippen LogP contribution in [0.5, 0.6) is 0 Å². The Morgan fingerprint density at radius 2 is 1.86 bits per heavy atom. The van der Waals surface area contributed by atoms with Gasteiger partial charge in [0.1, 0.15) is 0 Å². The third kappa shape index (κ3) is 1.67. The maximum absolute atomic E-state index is 7.38. The lowest BCUT2D eigenvalue weighted by atomic mass is 10.1. The molecule has 1 heteroatoms. The van der Waals surface area contributed by atoms with Crippen LogP contribution in [0.3, 0.4) is 0 Å². The fraction of sp³-hybridized carbons (Fsp3) is 0.154. The molecule has 1 nitrogen and oxygen atoms in total. The second-order valence-electron chi connectivity index (χ2n) is 3.20. The molecule has 0 N–H and O–H groups in total. The summed E-state index contributed by atoms with van der Waals surface area (Å²) >= 11 is 0. The highest BCUT2D eigenvalue weighted by Gasteiger charge is 1.99. The molecule has 0 unspecified atom stereocenters. The number of benzene rings is 1. The van der Waals surface area contributed by atoms with Crippen LogP contribution in [0.1, 0.15) is 15.4 Å². The first-order valence-corrected chi connectivity index (χ1v) is 4.52. The minimum Gasteiger partial charge on any atom is -0.253 e. The van der Waals surface area contributed by atoms with Gasteiger partial charge < -0.3 is 0 Å². The van der Waals surface area contributed by atoms with Crippen LogP contribution >= 0.6 is 0 Å². The van der Waals surface area contributed by atoms with E-state index in [1.165, 1.54) is 0 Å². The highest BCUT2D eigenvalue weighted by Crippen LogP contribution is 2.17. The zero-order valence-electron chi connectivity index (χ0n) is 11.0. The van der Waals surface area contributed by atoms with Crippen LogP contribution in [0.25, 0.3) is 11.3 Å². The van der Waals surface area contributed by atoms with Crippen molar-refractivity contribution in [3.05, 3.63) is 53.7 Å². The summed E-state index contributed by atoms with van der Waals surface area (Å²) in [6, 6.07) is 13.1. The Balaban J connectivity index is 2.45. The van der Waals surface area contributed by atoms with Crippen molar-refractivity contribution in [2.45, 2.75) is 13.8 Å². The third-order valence-corrected chi connectivity index (χ3v) is 2.16. The summed E-state index contributed by atoms with van der Waals surface area (Å²) in [4.78, 5) is 4.35. The molecular weight excluding hydrogens is 170 g/mol. The highest BCUT2D eigenvalue weighted by atomic mass is 14.7. The van der Waals surface area contributed by atoms with Gasteiger partial charge in [-0.25, -0.2) is 0 Å².